The van der Waals surface area contributed by atoms with Gasteiger partial charge in [0.2, 0.25) is 17.7 Å². The van der Waals surface area contributed by atoms with Crippen molar-refractivity contribution >= 4 is 17.7 Å². The number of carbonyl (C=O) groups is 3. The molecule has 3 aromatic rings. The number of pyridine rings is 1. The van der Waals surface area contributed by atoms with Crippen molar-refractivity contribution in [2.24, 2.45) is 0 Å². The van der Waals surface area contributed by atoms with Crippen molar-refractivity contribution in [1.29, 1.82) is 0 Å². The summed E-state index contributed by atoms with van der Waals surface area (Å²) in [5, 5.41) is 10.5. The van der Waals surface area contributed by atoms with E-state index in [4.69, 9.17) is 0 Å². The third-order valence-electron chi connectivity index (χ3n) is 6.36. The summed E-state index contributed by atoms with van der Waals surface area (Å²) in [5.74, 6) is -1.99. The SMILES string of the molecule is CN(C[C@@H](O)c1ccccc1)C(=O)C[C@]1(c2cccc(F)c2)CC(=O)N(Cc2cccnc2)C1=O. The number of aliphatic hydroxyl groups excluding tert-OH is 1. The van der Waals surface area contributed by atoms with Gasteiger partial charge in [0.1, 0.15) is 5.82 Å². The van der Waals surface area contributed by atoms with Gasteiger partial charge in [0.15, 0.2) is 0 Å². The topological polar surface area (TPSA) is 90.8 Å². The number of aromatic nitrogens is 1. The van der Waals surface area contributed by atoms with E-state index in [1.165, 1.54) is 30.1 Å². The van der Waals surface area contributed by atoms with E-state index in [-0.39, 0.29) is 31.5 Å². The minimum Gasteiger partial charge on any atom is -0.387 e. The lowest BCUT2D eigenvalue weighted by Crippen LogP contribution is -2.43. The van der Waals surface area contributed by atoms with Gasteiger partial charge in [-0.2, -0.15) is 0 Å². The van der Waals surface area contributed by atoms with Crippen LogP contribution in [0.5, 0.6) is 0 Å². The molecule has 2 heterocycles. The highest BCUT2D eigenvalue weighted by Crippen LogP contribution is 2.41. The van der Waals surface area contributed by atoms with Gasteiger partial charge in [-0.1, -0.05) is 48.5 Å². The van der Waals surface area contributed by atoms with E-state index in [9.17, 15) is 23.9 Å². The van der Waals surface area contributed by atoms with E-state index >= 15 is 0 Å². The van der Waals surface area contributed by atoms with E-state index in [1.807, 2.05) is 6.07 Å². The molecule has 1 aliphatic heterocycles. The number of amides is 3. The van der Waals surface area contributed by atoms with Crippen molar-refractivity contribution in [3.8, 4) is 0 Å². The number of likely N-dealkylation sites (tertiary alicyclic amines) is 1. The molecule has 2 atom stereocenters. The van der Waals surface area contributed by atoms with Gasteiger partial charge >= 0.3 is 0 Å². The zero-order chi connectivity index (χ0) is 25.0. The number of benzene rings is 2. The van der Waals surface area contributed by atoms with Crippen LogP contribution in [-0.2, 0) is 26.3 Å². The van der Waals surface area contributed by atoms with Gasteiger partial charge in [0.05, 0.1) is 24.6 Å². The number of likely N-dealkylation sites (N-methyl/N-ethyl adjacent to an activating group) is 1. The summed E-state index contributed by atoms with van der Waals surface area (Å²) in [4.78, 5) is 46.4. The minimum absolute atomic E-state index is 0.00358. The first-order chi connectivity index (χ1) is 16.8. The molecule has 0 radical (unpaired) electrons. The number of hydrogen-bond acceptors (Lipinski definition) is 5. The summed E-state index contributed by atoms with van der Waals surface area (Å²) in [6.45, 7) is 0.0168. The molecule has 1 aliphatic rings. The van der Waals surface area contributed by atoms with E-state index in [1.54, 1.807) is 54.9 Å². The Hall–Kier alpha value is -3.91. The maximum Gasteiger partial charge on any atom is 0.241 e. The molecule has 1 N–H and O–H groups in total. The smallest absolute Gasteiger partial charge is 0.241 e. The monoisotopic (exact) mass is 475 g/mol. The van der Waals surface area contributed by atoms with Crippen LogP contribution in [0.3, 0.4) is 0 Å². The second-order valence-corrected chi connectivity index (χ2v) is 8.79. The van der Waals surface area contributed by atoms with Gasteiger partial charge in [-0.05, 0) is 34.9 Å². The lowest BCUT2D eigenvalue weighted by molar-refractivity contribution is -0.143. The Labute approximate surface area is 202 Å². The summed E-state index contributed by atoms with van der Waals surface area (Å²) in [7, 11) is 1.53. The highest BCUT2D eigenvalue weighted by atomic mass is 19.1. The van der Waals surface area contributed by atoms with Gasteiger partial charge in [-0.15, -0.1) is 0 Å². The molecule has 1 saturated heterocycles. The van der Waals surface area contributed by atoms with Crippen molar-refractivity contribution in [2.75, 3.05) is 13.6 Å². The van der Waals surface area contributed by atoms with Gasteiger partial charge in [0, 0.05) is 32.3 Å². The Morgan fingerprint density at radius 3 is 2.60 bits per heavy atom. The van der Waals surface area contributed by atoms with Crippen LogP contribution in [0.4, 0.5) is 4.39 Å². The Kier molecular flexibility index (Phi) is 7.02. The first-order valence-electron chi connectivity index (χ1n) is 11.3. The summed E-state index contributed by atoms with van der Waals surface area (Å²) >= 11 is 0. The molecule has 0 aliphatic carbocycles. The number of nitrogens with zero attached hydrogens (tertiary/aromatic N) is 3. The van der Waals surface area contributed by atoms with Crippen molar-refractivity contribution in [3.05, 3.63) is 102 Å². The number of aliphatic hydroxyl groups is 1. The molecule has 0 spiro atoms. The maximum atomic E-state index is 14.2. The average Bonchev–Trinajstić information content (AvgIpc) is 3.10. The number of rotatable bonds is 8. The lowest BCUT2D eigenvalue weighted by Gasteiger charge is -2.30. The first-order valence-corrected chi connectivity index (χ1v) is 11.3. The van der Waals surface area contributed by atoms with Crippen LogP contribution < -0.4 is 0 Å². The zero-order valence-corrected chi connectivity index (χ0v) is 19.3. The number of halogens is 1. The van der Waals surface area contributed by atoms with E-state index in [0.29, 0.717) is 11.1 Å². The second kappa shape index (κ2) is 10.1. The number of imide groups is 1. The Balaban J connectivity index is 1.60. The third kappa shape index (κ3) is 5.12. The molecular formula is C27H26FN3O4. The van der Waals surface area contributed by atoms with Crippen molar-refractivity contribution in [1.82, 2.24) is 14.8 Å². The molecule has 0 bridgehead atoms. The summed E-state index contributed by atoms with van der Waals surface area (Å²) in [6.07, 6.45) is 1.65. The third-order valence-corrected chi connectivity index (χ3v) is 6.36. The molecule has 2 aromatic carbocycles. The Bertz CT molecular complexity index is 1220. The summed E-state index contributed by atoms with van der Waals surface area (Å²) in [5.41, 5.74) is 0.0556. The minimum atomic E-state index is -1.54. The molecule has 7 nitrogen and oxygen atoms in total. The van der Waals surface area contributed by atoms with Crippen LogP contribution in [-0.4, -0.2) is 51.2 Å². The van der Waals surface area contributed by atoms with Crippen LogP contribution in [0.15, 0.2) is 79.1 Å². The predicted octanol–water partition coefficient (Wildman–Crippen LogP) is 3.00. The molecule has 8 heteroatoms. The fourth-order valence-electron chi connectivity index (χ4n) is 4.42. The Morgan fingerprint density at radius 1 is 1.14 bits per heavy atom. The number of carbonyl (C=O) groups excluding carboxylic acids is 3. The lowest BCUT2D eigenvalue weighted by atomic mass is 9.75. The molecule has 35 heavy (non-hydrogen) atoms. The van der Waals surface area contributed by atoms with Crippen LogP contribution in [0, 0.1) is 5.82 Å². The van der Waals surface area contributed by atoms with Gasteiger partial charge in [-0.25, -0.2) is 4.39 Å². The normalized spacial score (nSPS) is 18.5. The van der Waals surface area contributed by atoms with E-state index in [0.717, 1.165) is 4.90 Å². The summed E-state index contributed by atoms with van der Waals surface area (Å²) in [6, 6.07) is 17.8. The second-order valence-electron chi connectivity index (χ2n) is 8.79. The van der Waals surface area contributed by atoms with Crippen LogP contribution >= 0.6 is 0 Å². The van der Waals surface area contributed by atoms with Gasteiger partial charge in [0.25, 0.3) is 0 Å². The highest BCUT2D eigenvalue weighted by Gasteiger charge is 2.54. The zero-order valence-electron chi connectivity index (χ0n) is 19.3. The van der Waals surface area contributed by atoms with Crippen LogP contribution in [0.1, 0.15) is 35.6 Å². The van der Waals surface area contributed by atoms with Gasteiger partial charge in [-0.3, -0.25) is 24.3 Å². The maximum absolute atomic E-state index is 14.2. The fourth-order valence-corrected chi connectivity index (χ4v) is 4.42. The van der Waals surface area contributed by atoms with Crippen molar-refractivity contribution in [2.45, 2.75) is 30.9 Å². The van der Waals surface area contributed by atoms with Crippen molar-refractivity contribution in [3.63, 3.8) is 0 Å². The molecule has 0 unspecified atom stereocenters. The Morgan fingerprint density at radius 2 is 1.91 bits per heavy atom. The quantitative estimate of drug-likeness (QED) is 0.506. The molecule has 1 aromatic heterocycles. The highest BCUT2D eigenvalue weighted by molar-refractivity contribution is 6.10. The van der Waals surface area contributed by atoms with Gasteiger partial charge < -0.3 is 10.0 Å². The average molecular weight is 476 g/mol. The standard InChI is InChI=1S/C27H26FN3O4/c1-30(18-23(32)20-8-3-2-4-9-20)24(33)14-27(21-10-5-11-22(28)13-21)15-25(34)31(26(27)35)17-19-7-6-12-29-16-19/h2-13,16,23,32H,14-15,17-18H2,1H3/t23-,27-/m1/s1. The van der Waals surface area contributed by atoms with E-state index in [2.05, 4.69) is 4.98 Å². The first kappa shape index (κ1) is 24.2. The molecule has 4 rings (SSSR count). The van der Waals surface area contributed by atoms with E-state index < -0.39 is 35.1 Å². The molecule has 1 fully saturated rings. The molecule has 3 amide bonds. The predicted molar refractivity (Wildman–Crippen MR) is 126 cm³/mol. The number of hydrogen-bond donors (Lipinski definition) is 1. The molecular weight excluding hydrogens is 449 g/mol. The van der Waals surface area contributed by atoms with Crippen LogP contribution in [0.2, 0.25) is 0 Å². The summed E-state index contributed by atoms with van der Waals surface area (Å²) < 4.78 is 14.2. The largest absolute Gasteiger partial charge is 0.387 e. The molecule has 0 saturated carbocycles. The fraction of sp³-hybridized carbons (Fsp3) is 0.259. The van der Waals surface area contributed by atoms with Crippen molar-refractivity contribution < 1.29 is 23.9 Å². The molecule has 180 valence electrons. The van der Waals surface area contributed by atoms with Crippen LogP contribution in [0.25, 0.3) is 0 Å².